The Morgan fingerprint density at radius 1 is 0.675 bits per heavy atom. The van der Waals surface area contributed by atoms with Crippen LogP contribution in [-0.2, 0) is 0 Å². The third-order valence-electron chi connectivity index (χ3n) is 8.03. The van der Waals surface area contributed by atoms with Crippen molar-refractivity contribution in [2.75, 3.05) is 6.54 Å². The first kappa shape index (κ1) is 26.0. The number of allylic oxidation sites excluding steroid dienone is 3. The van der Waals surface area contributed by atoms with Gasteiger partial charge in [-0.2, -0.15) is 0 Å². The molecule has 0 amide bonds. The van der Waals surface area contributed by atoms with Crippen molar-refractivity contribution in [2.24, 2.45) is 5.92 Å². The van der Waals surface area contributed by atoms with E-state index in [1.807, 2.05) is 0 Å². The zero-order valence-electron chi connectivity index (χ0n) is 23.3. The molecule has 0 radical (unpaired) electrons. The van der Waals surface area contributed by atoms with E-state index < -0.39 is 0 Å². The third-order valence-corrected chi connectivity index (χ3v) is 8.03. The minimum atomic E-state index is -0.0530. The Bertz CT molecular complexity index is 1670. The second kappa shape index (κ2) is 11.9. The van der Waals surface area contributed by atoms with Crippen LogP contribution >= 0.6 is 0 Å². The molecule has 40 heavy (non-hydrogen) atoms. The van der Waals surface area contributed by atoms with Gasteiger partial charge >= 0.3 is 0 Å². The monoisotopic (exact) mass is 520 g/mol. The Morgan fingerprint density at radius 3 is 2.23 bits per heavy atom. The van der Waals surface area contributed by atoms with Crippen LogP contribution in [-0.4, -0.2) is 11.5 Å². The summed E-state index contributed by atoms with van der Waals surface area (Å²) in [6, 6.07) is 40.8. The Morgan fingerprint density at radius 2 is 1.40 bits per heavy atom. The number of nitrogens with one attached hydrogen (secondary N) is 1. The fourth-order valence-corrected chi connectivity index (χ4v) is 5.77. The molecule has 0 fully saturated rings. The van der Waals surface area contributed by atoms with Gasteiger partial charge in [0, 0.05) is 12.1 Å². The molecule has 4 aromatic carbocycles. The van der Waals surface area contributed by atoms with Crippen LogP contribution in [0.5, 0.6) is 0 Å². The van der Waals surface area contributed by atoms with Gasteiger partial charge in [0.15, 0.2) is 0 Å². The van der Waals surface area contributed by atoms with E-state index in [0.29, 0.717) is 5.92 Å². The summed E-state index contributed by atoms with van der Waals surface area (Å²) >= 11 is 0. The first-order valence-corrected chi connectivity index (χ1v) is 14.4. The molecule has 2 heteroatoms. The van der Waals surface area contributed by atoms with Crippen molar-refractivity contribution in [3.8, 4) is 22.4 Å². The minimum absolute atomic E-state index is 0.0530. The second-order valence-electron chi connectivity index (χ2n) is 11.0. The van der Waals surface area contributed by atoms with E-state index >= 15 is 0 Å². The van der Waals surface area contributed by atoms with E-state index in [1.165, 1.54) is 33.0 Å². The van der Waals surface area contributed by atoms with Gasteiger partial charge in [-0.15, -0.1) is 0 Å². The Balaban J connectivity index is 1.42. The fourth-order valence-electron chi connectivity index (χ4n) is 5.77. The van der Waals surface area contributed by atoms with E-state index in [4.69, 9.17) is 4.98 Å². The Labute approximate surface area is 238 Å². The smallest absolute Gasteiger partial charge is 0.0760 e. The summed E-state index contributed by atoms with van der Waals surface area (Å²) in [6.07, 6.45) is 6.91. The van der Waals surface area contributed by atoms with Crippen LogP contribution < -0.4 is 5.32 Å². The number of nitrogens with zero attached hydrogens (tertiary/aromatic N) is 1. The average molecular weight is 521 g/mol. The van der Waals surface area contributed by atoms with Gasteiger partial charge in [-0.1, -0.05) is 140 Å². The van der Waals surface area contributed by atoms with Crippen LogP contribution in [0.4, 0.5) is 0 Å². The summed E-state index contributed by atoms with van der Waals surface area (Å²) in [7, 11) is 0. The molecule has 6 rings (SSSR count). The number of pyridine rings is 1. The van der Waals surface area contributed by atoms with Crippen molar-refractivity contribution in [1.82, 2.24) is 10.3 Å². The molecule has 0 saturated heterocycles. The standard InChI is InChI=1S/C38H36N2/c1-27(2)29-24-22-28(23-25-29)26-39-38(35-18-9-8-17-33(35)30-12-4-3-5-13-30)37-21-11-20-36(40-37)34-19-10-15-31-14-6-7-16-32(31)34/h3-22,24,27,38-39H,23,25-26H2,1-2H3. The molecule has 1 heterocycles. The highest BCUT2D eigenvalue weighted by Crippen LogP contribution is 2.34. The predicted octanol–water partition coefficient (Wildman–Crippen LogP) is 9.55. The van der Waals surface area contributed by atoms with Crippen LogP contribution in [0.3, 0.4) is 0 Å². The molecule has 1 atom stereocenters. The maximum Gasteiger partial charge on any atom is 0.0760 e. The van der Waals surface area contributed by atoms with Crippen LogP contribution in [0, 0.1) is 5.92 Å². The molecule has 0 spiro atoms. The van der Waals surface area contributed by atoms with Gasteiger partial charge in [0.05, 0.1) is 17.4 Å². The van der Waals surface area contributed by atoms with E-state index in [0.717, 1.165) is 36.3 Å². The highest BCUT2D eigenvalue weighted by atomic mass is 14.9. The number of aromatic nitrogens is 1. The number of benzene rings is 4. The maximum absolute atomic E-state index is 5.31. The van der Waals surface area contributed by atoms with Crippen molar-refractivity contribution in [2.45, 2.75) is 32.7 Å². The summed E-state index contributed by atoms with van der Waals surface area (Å²) in [5.41, 5.74) is 9.87. The molecule has 2 nitrogen and oxygen atoms in total. The lowest BCUT2D eigenvalue weighted by Crippen LogP contribution is -2.26. The largest absolute Gasteiger partial charge is 0.301 e. The number of rotatable bonds is 8. The number of hydrogen-bond acceptors (Lipinski definition) is 2. The molecule has 1 unspecified atom stereocenters. The molecule has 0 saturated carbocycles. The molecule has 0 aliphatic heterocycles. The predicted molar refractivity (Wildman–Crippen MR) is 169 cm³/mol. The number of fused-ring (bicyclic) bond motifs is 1. The van der Waals surface area contributed by atoms with Gasteiger partial charge in [0.25, 0.3) is 0 Å². The molecular formula is C38H36N2. The minimum Gasteiger partial charge on any atom is -0.301 e. The highest BCUT2D eigenvalue weighted by Gasteiger charge is 2.21. The topological polar surface area (TPSA) is 24.9 Å². The third kappa shape index (κ3) is 5.54. The summed E-state index contributed by atoms with van der Waals surface area (Å²) in [4.78, 5) is 5.31. The van der Waals surface area contributed by atoms with Crippen LogP contribution in [0.15, 0.2) is 139 Å². The van der Waals surface area contributed by atoms with Gasteiger partial charge in [-0.3, -0.25) is 4.98 Å². The first-order valence-electron chi connectivity index (χ1n) is 14.4. The molecule has 1 N–H and O–H groups in total. The molecule has 198 valence electrons. The lowest BCUT2D eigenvalue weighted by molar-refractivity contribution is 0.608. The Kier molecular flexibility index (Phi) is 7.70. The van der Waals surface area contributed by atoms with Crippen molar-refractivity contribution < 1.29 is 0 Å². The van der Waals surface area contributed by atoms with E-state index in [2.05, 4.69) is 147 Å². The van der Waals surface area contributed by atoms with Crippen molar-refractivity contribution in [1.29, 1.82) is 0 Å². The lowest BCUT2D eigenvalue weighted by Gasteiger charge is -2.24. The molecule has 1 aliphatic carbocycles. The van der Waals surface area contributed by atoms with Gasteiger partial charge in [-0.05, 0) is 58.4 Å². The molecule has 1 aliphatic rings. The molecule has 5 aromatic rings. The van der Waals surface area contributed by atoms with E-state index in [-0.39, 0.29) is 6.04 Å². The van der Waals surface area contributed by atoms with Crippen LogP contribution in [0.1, 0.15) is 44.0 Å². The van der Waals surface area contributed by atoms with Gasteiger partial charge < -0.3 is 5.32 Å². The summed E-state index contributed by atoms with van der Waals surface area (Å²) in [5, 5.41) is 6.39. The van der Waals surface area contributed by atoms with Gasteiger partial charge in [0.2, 0.25) is 0 Å². The van der Waals surface area contributed by atoms with E-state index in [1.54, 1.807) is 5.57 Å². The first-order chi connectivity index (χ1) is 19.7. The van der Waals surface area contributed by atoms with Gasteiger partial charge in [-0.25, -0.2) is 0 Å². The van der Waals surface area contributed by atoms with E-state index in [9.17, 15) is 0 Å². The SMILES string of the molecule is CC(C)C1=CC=C(CNC(c2cccc(-c3cccc4ccccc34)n2)c2ccccc2-c2ccccc2)CC1. The van der Waals surface area contributed by atoms with Gasteiger partial charge in [0.1, 0.15) is 0 Å². The summed E-state index contributed by atoms with van der Waals surface area (Å²) in [6.45, 7) is 5.40. The number of hydrogen-bond donors (Lipinski definition) is 1. The maximum atomic E-state index is 5.31. The summed E-state index contributed by atoms with van der Waals surface area (Å²) in [5.74, 6) is 0.609. The fraction of sp³-hybridized carbons (Fsp3) is 0.184. The van der Waals surface area contributed by atoms with Crippen LogP contribution in [0.2, 0.25) is 0 Å². The quantitative estimate of drug-likeness (QED) is 0.220. The van der Waals surface area contributed by atoms with Crippen molar-refractivity contribution in [3.63, 3.8) is 0 Å². The van der Waals surface area contributed by atoms with Crippen molar-refractivity contribution >= 4 is 10.8 Å². The van der Waals surface area contributed by atoms with Crippen molar-refractivity contribution in [3.05, 3.63) is 150 Å². The molecular weight excluding hydrogens is 484 g/mol. The molecule has 1 aromatic heterocycles. The zero-order chi connectivity index (χ0) is 27.3. The lowest BCUT2D eigenvalue weighted by atomic mass is 9.90. The summed E-state index contributed by atoms with van der Waals surface area (Å²) < 4.78 is 0. The Hall–Kier alpha value is -4.27. The highest BCUT2D eigenvalue weighted by molar-refractivity contribution is 5.95. The molecule has 0 bridgehead atoms. The second-order valence-corrected chi connectivity index (χ2v) is 11.0. The van der Waals surface area contributed by atoms with Crippen LogP contribution in [0.25, 0.3) is 33.2 Å². The average Bonchev–Trinajstić information content (AvgIpc) is 3.02. The normalized spacial score (nSPS) is 14.2. The zero-order valence-corrected chi connectivity index (χ0v) is 23.3.